The first kappa shape index (κ1) is 13.6. The van der Waals surface area contributed by atoms with Crippen molar-refractivity contribution >= 4 is 5.91 Å². The topological polar surface area (TPSA) is 44.1 Å². The van der Waals surface area contributed by atoms with Crippen molar-refractivity contribution in [3.63, 3.8) is 0 Å². The molecule has 0 aromatic rings. The van der Waals surface area contributed by atoms with Gasteiger partial charge < -0.3 is 4.90 Å². The predicted molar refractivity (Wildman–Crippen MR) is 80.1 cm³/mol. The van der Waals surface area contributed by atoms with Crippen molar-refractivity contribution in [2.45, 2.75) is 58.3 Å². The number of nitrogens with zero attached hydrogens (tertiary/aromatic N) is 2. The Hall–Kier alpha value is -1.04. The lowest BCUT2D eigenvalue weighted by Gasteiger charge is -2.57. The molecule has 0 spiro atoms. The van der Waals surface area contributed by atoms with Gasteiger partial charge in [0.25, 0.3) is 0 Å². The van der Waals surface area contributed by atoms with Gasteiger partial charge in [-0.3, -0.25) is 4.79 Å². The van der Waals surface area contributed by atoms with Gasteiger partial charge in [-0.1, -0.05) is 0 Å². The molecule has 3 heteroatoms. The van der Waals surface area contributed by atoms with E-state index in [2.05, 4.69) is 11.0 Å². The van der Waals surface area contributed by atoms with Gasteiger partial charge in [-0.2, -0.15) is 5.26 Å². The fourth-order valence-corrected chi connectivity index (χ4v) is 6.02. The molecule has 114 valence electrons. The van der Waals surface area contributed by atoms with E-state index in [4.69, 9.17) is 0 Å². The summed E-state index contributed by atoms with van der Waals surface area (Å²) in [6.45, 7) is 3.63. The molecular formula is C18H26N2O. The number of likely N-dealkylation sites (tertiary alicyclic amines) is 1. The molecule has 4 aliphatic carbocycles. The van der Waals surface area contributed by atoms with E-state index in [0.29, 0.717) is 5.91 Å². The first-order chi connectivity index (χ1) is 10.0. The fourth-order valence-electron chi connectivity index (χ4n) is 6.02. The third kappa shape index (κ3) is 2.10. The first-order valence-corrected chi connectivity index (χ1v) is 8.73. The standard InChI is InChI=1S/C18H26N2O/c1-17(12-19)2-4-20(5-3-17)16(21)18-9-13-6-14(10-18)8-15(7-13)11-18/h13-15H,2-11H2,1H3. The zero-order valence-electron chi connectivity index (χ0n) is 13.1. The summed E-state index contributed by atoms with van der Waals surface area (Å²) in [5.74, 6) is 2.93. The molecule has 4 saturated carbocycles. The van der Waals surface area contributed by atoms with Gasteiger partial charge in [-0.05, 0) is 76.0 Å². The van der Waals surface area contributed by atoms with Crippen molar-refractivity contribution in [1.82, 2.24) is 4.90 Å². The number of hydrogen-bond donors (Lipinski definition) is 0. The number of carbonyl (C=O) groups excluding carboxylic acids is 1. The van der Waals surface area contributed by atoms with E-state index >= 15 is 0 Å². The normalized spacial score (nSPS) is 43.6. The molecule has 1 amide bonds. The van der Waals surface area contributed by atoms with Crippen LogP contribution < -0.4 is 0 Å². The highest BCUT2D eigenvalue weighted by molar-refractivity contribution is 5.83. The van der Waals surface area contributed by atoms with Crippen LogP contribution in [0.3, 0.4) is 0 Å². The van der Waals surface area contributed by atoms with E-state index in [9.17, 15) is 10.1 Å². The van der Waals surface area contributed by atoms with Gasteiger partial charge in [0.15, 0.2) is 0 Å². The molecule has 0 aromatic heterocycles. The van der Waals surface area contributed by atoms with Crippen molar-refractivity contribution in [3.05, 3.63) is 0 Å². The van der Waals surface area contributed by atoms with Gasteiger partial charge in [0, 0.05) is 13.1 Å². The molecule has 5 fully saturated rings. The van der Waals surface area contributed by atoms with E-state index in [1.54, 1.807) is 0 Å². The maximum atomic E-state index is 13.2. The van der Waals surface area contributed by atoms with Gasteiger partial charge in [0.05, 0.1) is 16.9 Å². The molecule has 1 aliphatic heterocycles. The second kappa shape index (κ2) is 4.48. The minimum absolute atomic E-state index is 0.00483. The molecular weight excluding hydrogens is 260 g/mol. The molecule has 0 N–H and O–H groups in total. The molecule has 0 aromatic carbocycles. The monoisotopic (exact) mass is 286 g/mol. The van der Waals surface area contributed by atoms with E-state index < -0.39 is 0 Å². The van der Waals surface area contributed by atoms with Crippen molar-refractivity contribution in [2.75, 3.05) is 13.1 Å². The highest BCUT2D eigenvalue weighted by Gasteiger charge is 2.55. The number of rotatable bonds is 1. The summed E-state index contributed by atoms with van der Waals surface area (Å²) in [5, 5.41) is 9.25. The summed E-state index contributed by atoms with van der Waals surface area (Å²) in [6, 6.07) is 2.44. The Morgan fingerprint density at radius 2 is 1.52 bits per heavy atom. The van der Waals surface area contributed by atoms with Crippen molar-refractivity contribution < 1.29 is 4.79 Å². The number of piperidine rings is 1. The van der Waals surface area contributed by atoms with Crippen LogP contribution in [0.2, 0.25) is 0 Å². The smallest absolute Gasteiger partial charge is 0.228 e. The van der Waals surface area contributed by atoms with Crippen LogP contribution in [0.5, 0.6) is 0 Å². The summed E-state index contributed by atoms with van der Waals surface area (Å²) in [5.41, 5.74) is -0.215. The molecule has 1 heterocycles. The van der Waals surface area contributed by atoms with Gasteiger partial charge in [0.2, 0.25) is 5.91 Å². The molecule has 5 aliphatic rings. The van der Waals surface area contributed by atoms with Crippen molar-refractivity contribution in [1.29, 1.82) is 5.26 Å². The van der Waals surface area contributed by atoms with Crippen LogP contribution in [-0.2, 0) is 4.79 Å². The van der Waals surface area contributed by atoms with E-state index in [0.717, 1.165) is 62.9 Å². The minimum Gasteiger partial charge on any atom is -0.342 e. The maximum Gasteiger partial charge on any atom is 0.228 e. The van der Waals surface area contributed by atoms with Gasteiger partial charge in [0.1, 0.15) is 0 Å². The third-order valence-electron chi connectivity index (χ3n) is 6.92. The second-order valence-corrected chi connectivity index (χ2v) is 8.66. The molecule has 4 bridgehead atoms. The van der Waals surface area contributed by atoms with Crippen molar-refractivity contribution in [2.24, 2.45) is 28.6 Å². The Morgan fingerprint density at radius 1 is 1.05 bits per heavy atom. The molecule has 5 rings (SSSR count). The summed E-state index contributed by atoms with van der Waals surface area (Å²) in [4.78, 5) is 15.3. The van der Waals surface area contributed by atoms with Gasteiger partial charge >= 0.3 is 0 Å². The zero-order valence-corrected chi connectivity index (χ0v) is 13.1. The zero-order chi connectivity index (χ0) is 14.7. The maximum absolute atomic E-state index is 13.2. The molecule has 0 unspecified atom stereocenters. The largest absolute Gasteiger partial charge is 0.342 e. The van der Waals surface area contributed by atoms with E-state index in [-0.39, 0.29) is 10.8 Å². The average Bonchev–Trinajstić information content (AvgIpc) is 2.46. The summed E-state index contributed by atoms with van der Waals surface area (Å²) < 4.78 is 0. The summed E-state index contributed by atoms with van der Waals surface area (Å²) in [7, 11) is 0. The Balaban J connectivity index is 1.50. The lowest BCUT2D eigenvalue weighted by atomic mass is 9.49. The Bertz CT molecular complexity index is 461. The molecule has 21 heavy (non-hydrogen) atoms. The van der Waals surface area contributed by atoms with Crippen LogP contribution in [-0.4, -0.2) is 23.9 Å². The van der Waals surface area contributed by atoms with Gasteiger partial charge in [-0.25, -0.2) is 0 Å². The highest BCUT2D eigenvalue weighted by atomic mass is 16.2. The van der Waals surface area contributed by atoms with Crippen LogP contribution >= 0.6 is 0 Å². The van der Waals surface area contributed by atoms with Gasteiger partial charge in [-0.15, -0.1) is 0 Å². The number of hydrogen-bond acceptors (Lipinski definition) is 2. The lowest BCUT2D eigenvalue weighted by molar-refractivity contribution is -0.159. The predicted octanol–water partition coefficient (Wildman–Crippen LogP) is 3.36. The average molecular weight is 286 g/mol. The van der Waals surface area contributed by atoms with E-state index in [1.807, 2.05) is 6.92 Å². The second-order valence-electron chi connectivity index (χ2n) is 8.66. The third-order valence-corrected chi connectivity index (χ3v) is 6.92. The fraction of sp³-hybridized carbons (Fsp3) is 0.889. The molecule has 0 radical (unpaired) electrons. The molecule has 1 saturated heterocycles. The van der Waals surface area contributed by atoms with Crippen LogP contribution in [0.15, 0.2) is 0 Å². The van der Waals surface area contributed by atoms with Crippen LogP contribution in [0.25, 0.3) is 0 Å². The molecule has 0 atom stereocenters. The number of carbonyl (C=O) groups is 1. The highest BCUT2D eigenvalue weighted by Crippen LogP contribution is 2.60. The summed E-state index contributed by atoms with van der Waals surface area (Å²) >= 11 is 0. The minimum atomic E-state index is -0.210. The lowest BCUT2D eigenvalue weighted by Crippen LogP contribution is -2.56. The van der Waals surface area contributed by atoms with Crippen LogP contribution in [0.1, 0.15) is 58.3 Å². The first-order valence-electron chi connectivity index (χ1n) is 8.73. The summed E-state index contributed by atoms with van der Waals surface area (Å²) in [6.07, 6.45) is 9.33. The number of amides is 1. The van der Waals surface area contributed by atoms with Crippen LogP contribution in [0.4, 0.5) is 0 Å². The molecule has 3 nitrogen and oxygen atoms in total. The van der Waals surface area contributed by atoms with E-state index in [1.165, 1.54) is 19.3 Å². The Morgan fingerprint density at radius 3 is 1.95 bits per heavy atom. The quantitative estimate of drug-likeness (QED) is 0.742. The van der Waals surface area contributed by atoms with Crippen LogP contribution in [0, 0.1) is 39.9 Å². The van der Waals surface area contributed by atoms with Crippen molar-refractivity contribution in [3.8, 4) is 6.07 Å². The SMILES string of the molecule is CC1(C#N)CCN(C(=O)C23CC4CC(CC(C4)C2)C3)CC1. The Labute approximate surface area is 127 Å². The number of nitriles is 1. The Kier molecular flexibility index (Phi) is 2.90.